The van der Waals surface area contributed by atoms with Crippen LogP contribution in [0.3, 0.4) is 0 Å². The molecule has 1 aliphatic heterocycles. The fourth-order valence-electron chi connectivity index (χ4n) is 2.67. The predicted molar refractivity (Wildman–Crippen MR) is 81.3 cm³/mol. The van der Waals surface area contributed by atoms with Crippen LogP contribution >= 0.6 is 0 Å². The van der Waals surface area contributed by atoms with Gasteiger partial charge in [-0.05, 0) is 18.2 Å². The van der Waals surface area contributed by atoms with Crippen molar-refractivity contribution in [3.63, 3.8) is 0 Å². The third kappa shape index (κ3) is 2.29. The zero-order chi connectivity index (χ0) is 14.9. The Morgan fingerprint density at radius 1 is 1.09 bits per heavy atom. The van der Waals surface area contributed by atoms with E-state index in [1.807, 2.05) is 12.3 Å². The van der Waals surface area contributed by atoms with Crippen molar-refractivity contribution in [3.8, 4) is 11.1 Å². The van der Waals surface area contributed by atoms with Gasteiger partial charge in [0.25, 0.3) is 0 Å². The summed E-state index contributed by atoms with van der Waals surface area (Å²) in [5.74, 6) is 0.445. The van der Waals surface area contributed by atoms with Crippen molar-refractivity contribution in [2.24, 2.45) is 0 Å². The van der Waals surface area contributed by atoms with Crippen LogP contribution in [-0.4, -0.2) is 45.8 Å². The van der Waals surface area contributed by atoms with Gasteiger partial charge in [0, 0.05) is 49.7 Å². The summed E-state index contributed by atoms with van der Waals surface area (Å²) in [4.78, 5) is 10.7. The van der Waals surface area contributed by atoms with Crippen LogP contribution in [0.15, 0.2) is 36.8 Å². The van der Waals surface area contributed by atoms with Gasteiger partial charge in [-0.1, -0.05) is 0 Å². The molecular weight excluding hydrogens is 283 g/mol. The second-order valence-electron chi connectivity index (χ2n) is 5.22. The van der Waals surface area contributed by atoms with E-state index in [1.165, 1.54) is 12.3 Å². The third-order valence-electron chi connectivity index (χ3n) is 3.83. The van der Waals surface area contributed by atoms with Gasteiger partial charge in [0.1, 0.15) is 5.82 Å². The van der Waals surface area contributed by atoms with Crippen molar-refractivity contribution in [1.82, 2.24) is 24.9 Å². The minimum Gasteiger partial charge on any atom is -0.354 e. The van der Waals surface area contributed by atoms with Crippen molar-refractivity contribution >= 4 is 11.5 Å². The van der Waals surface area contributed by atoms with E-state index in [-0.39, 0.29) is 0 Å². The smallest absolute Gasteiger partial charge is 0.212 e. The van der Waals surface area contributed by atoms with E-state index in [1.54, 1.807) is 16.8 Å². The fourth-order valence-corrected chi connectivity index (χ4v) is 2.67. The number of pyridine rings is 1. The van der Waals surface area contributed by atoms with Crippen LogP contribution in [0.1, 0.15) is 0 Å². The molecule has 6 nitrogen and oxygen atoms in total. The molecule has 3 aromatic heterocycles. The lowest BCUT2D eigenvalue weighted by Crippen LogP contribution is -2.43. The van der Waals surface area contributed by atoms with Crippen molar-refractivity contribution in [3.05, 3.63) is 42.7 Å². The molecule has 0 spiro atoms. The standard InChI is InChI=1S/C15H15FN6/c16-13-2-1-11(9-18-13)12-10-19-22-6-3-14(20-15(12)22)21-7-4-17-5-8-21/h1-3,6,9-10,17H,4-5,7-8H2. The maximum Gasteiger partial charge on any atom is 0.212 e. The van der Waals surface area contributed by atoms with Crippen LogP contribution in [-0.2, 0) is 0 Å². The average molecular weight is 298 g/mol. The van der Waals surface area contributed by atoms with Crippen LogP contribution in [0.25, 0.3) is 16.8 Å². The lowest BCUT2D eigenvalue weighted by molar-refractivity contribution is 0.584. The maximum absolute atomic E-state index is 13.0. The number of hydrogen-bond donors (Lipinski definition) is 1. The highest BCUT2D eigenvalue weighted by atomic mass is 19.1. The zero-order valence-corrected chi connectivity index (χ0v) is 11.9. The first-order valence-corrected chi connectivity index (χ1v) is 7.23. The summed E-state index contributed by atoms with van der Waals surface area (Å²) < 4.78 is 14.7. The highest BCUT2D eigenvalue weighted by Crippen LogP contribution is 2.24. The Morgan fingerprint density at radius 3 is 2.73 bits per heavy atom. The molecule has 0 bridgehead atoms. The Bertz CT molecular complexity index is 791. The van der Waals surface area contributed by atoms with Crippen LogP contribution in [0.5, 0.6) is 0 Å². The largest absolute Gasteiger partial charge is 0.354 e. The molecule has 1 saturated heterocycles. The second kappa shape index (κ2) is 5.34. The number of hydrogen-bond acceptors (Lipinski definition) is 5. The van der Waals surface area contributed by atoms with E-state index in [4.69, 9.17) is 4.98 Å². The molecule has 0 unspecified atom stereocenters. The van der Waals surface area contributed by atoms with Crippen LogP contribution in [0, 0.1) is 5.95 Å². The molecule has 0 saturated carbocycles. The van der Waals surface area contributed by atoms with Crippen molar-refractivity contribution in [2.45, 2.75) is 0 Å². The molecule has 1 N–H and O–H groups in total. The minimum absolute atomic E-state index is 0.491. The van der Waals surface area contributed by atoms with Crippen molar-refractivity contribution in [1.29, 1.82) is 0 Å². The Labute approximate surface area is 126 Å². The van der Waals surface area contributed by atoms with Gasteiger partial charge < -0.3 is 10.2 Å². The number of piperazine rings is 1. The van der Waals surface area contributed by atoms with E-state index < -0.39 is 5.95 Å². The Morgan fingerprint density at radius 2 is 1.95 bits per heavy atom. The maximum atomic E-state index is 13.0. The van der Waals surface area contributed by atoms with Gasteiger partial charge in [-0.15, -0.1) is 0 Å². The summed E-state index contributed by atoms with van der Waals surface area (Å²) in [6, 6.07) is 5.01. The molecule has 4 heterocycles. The van der Waals surface area contributed by atoms with Crippen LogP contribution < -0.4 is 10.2 Å². The molecule has 4 rings (SSSR count). The number of rotatable bonds is 2. The van der Waals surface area contributed by atoms with Crippen molar-refractivity contribution < 1.29 is 4.39 Å². The molecule has 0 radical (unpaired) electrons. The fraction of sp³-hybridized carbons (Fsp3) is 0.267. The van der Waals surface area contributed by atoms with Gasteiger partial charge >= 0.3 is 0 Å². The normalized spacial score (nSPS) is 15.4. The summed E-state index contributed by atoms with van der Waals surface area (Å²) in [5.41, 5.74) is 2.41. The first-order valence-electron chi connectivity index (χ1n) is 7.23. The summed E-state index contributed by atoms with van der Waals surface area (Å²) in [5, 5.41) is 7.63. The highest BCUT2D eigenvalue weighted by molar-refractivity contribution is 5.77. The van der Waals surface area contributed by atoms with Gasteiger partial charge in [0.15, 0.2) is 5.65 Å². The lowest BCUT2D eigenvalue weighted by Gasteiger charge is -2.28. The number of anilines is 1. The summed E-state index contributed by atoms with van der Waals surface area (Å²) in [6.07, 6.45) is 5.14. The number of nitrogens with one attached hydrogen (secondary N) is 1. The number of aromatic nitrogens is 4. The molecule has 3 aromatic rings. The summed E-state index contributed by atoms with van der Waals surface area (Å²) in [7, 11) is 0. The zero-order valence-electron chi connectivity index (χ0n) is 11.9. The second-order valence-corrected chi connectivity index (χ2v) is 5.22. The number of fused-ring (bicyclic) bond motifs is 1. The number of nitrogens with zero attached hydrogens (tertiary/aromatic N) is 5. The van der Waals surface area contributed by atoms with Gasteiger partial charge in [0.2, 0.25) is 5.95 Å². The van der Waals surface area contributed by atoms with Crippen molar-refractivity contribution in [2.75, 3.05) is 31.1 Å². The van der Waals surface area contributed by atoms with E-state index >= 15 is 0 Å². The number of halogens is 1. The Balaban J connectivity index is 1.77. The quantitative estimate of drug-likeness (QED) is 0.724. The van der Waals surface area contributed by atoms with Crippen LogP contribution in [0.4, 0.5) is 10.2 Å². The minimum atomic E-state index is -0.491. The molecule has 1 fully saturated rings. The molecular formula is C15H15FN6. The van der Waals surface area contributed by atoms with Gasteiger partial charge in [-0.2, -0.15) is 9.49 Å². The van der Waals surface area contributed by atoms with E-state index in [0.717, 1.165) is 48.8 Å². The molecule has 1 aliphatic rings. The topological polar surface area (TPSA) is 58.4 Å². The Hall–Kier alpha value is -2.54. The van der Waals surface area contributed by atoms with E-state index in [9.17, 15) is 4.39 Å². The van der Waals surface area contributed by atoms with E-state index in [2.05, 4.69) is 20.3 Å². The van der Waals surface area contributed by atoms with Gasteiger partial charge in [0.05, 0.1) is 6.20 Å². The van der Waals surface area contributed by atoms with Crippen LogP contribution in [0.2, 0.25) is 0 Å². The SMILES string of the molecule is Fc1ccc(-c2cnn3ccc(N4CCNCC4)nc23)cn1. The predicted octanol–water partition coefficient (Wildman–Crippen LogP) is 1.34. The average Bonchev–Trinajstić information content (AvgIpc) is 2.99. The molecule has 0 aliphatic carbocycles. The van der Waals surface area contributed by atoms with Gasteiger partial charge in [-0.25, -0.2) is 14.5 Å². The molecule has 22 heavy (non-hydrogen) atoms. The van der Waals surface area contributed by atoms with Gasteiger partial charge in [-0.3, -0.25) is 0 Å². The molecule has 7 heteroatoms. The first-order chi connectivity index (χ1) is 10.8. The lowest BCUT2D eigenvalue weighted by atomic mass is 10.1. The summed E-state index contributed by atoms with van der Waals surface area (Å²) in [6.45, 7) is 3.79. The molecule has 112 valence electrons. The summed E-state index contributed by atoms with van der Waals surface area (Å²) >= 11 is 0. The highest BCUT2D eigenvalue weighted by Gasteiger charge is 2.14. The molecule has 0 aromatic carbocycles. The third-order valence-corrected chi connectivity index (χ3v) is 3.83. The Kier molecular flexibility index (Phi) is 3.19. The monoisotopic (exact) mass is 298 g/mol. The molecule has 0 amide bonds. The van der Waals surface area contributed by atoms with E-state index in [0.29, 0.717) is 0 Å². The first kappa shape index (κ1) is 13.1. The molecule has 0 atom stereocenters.